The molecular formula is C18H14N6O3. The van der Waals surface area contributed by atoms with Crippen molar-refractivity contribution in [3.05, 3.63) is 76.1 Å². The van der Waals surface area contributed by atoms with Gasteiger partial charge in [-0.15, -0.1) is 0 Å². The summed E-state index contributed by atoms with van der Waals surface area (Å²) in [6.45, 7) is 0.192. The zero-order chi connectivity index (χ0) is 18.8. The van der Waals surface area contributed by atoms with Gasteiger partial charge in [0.1, 0.15) is 0 Å². The normalized spacial score (nSPS) is 10.8. The van der Waals surface area contributed by atoms with Crippen LogP contribution in [0.2, 0.25) is 0 Å². The van der Waals surface area contributed by atoms with Gasteiger partial charge < -0.3 is 10.3 Å². The number of pyridine rings is 1. The Balaban J connectivity index is 1.49. The Kier molecular flexibility index (Phi) is 4.09. The molecule has 9 heteroatoms. The molecule has 0 bridgehead atoms. The molecule has 0 saturated heterocycles. The second-order valence-electron chi connectivity index (χ2n) is 5.88. The number of fused-ring (bicyclic) bond motifs is 1. The Bertz CT molecular complexity index is 1150. The standard InChI is InChI=1S/C18H14N6O3/c25-18(21-9-11-3-1-4-13(7-11)24(26)27)12-8-15(20-10-12)16-14-5-2-6-19-17(14)23-22-16/h1-8,10,20H,9H2,(H,21,25)(H,19,22,23). The maximum atomic E-state index is 12.4. The maximum Gasteiger partial charge on any atom is 0.269 e. The molecule has 3 heterocycles. The van der Waals surface area contributed by atoms with E-state index < -0.39 is 4.92 Å². The van der Waals surface area contributed by atoms with Crippen LogP contribution in [0, 0.1) is 10.1 Å². The highest BCUT2D eigenvalue weighted by Crippen LogP contribution is 2.24. The topological polar surface area (TPSA) is 130 Å². The van der Waals surface area contributed by atoms with Crippen molar-refractivity contribution in [1.82, 2.24) is 25.5 Å². The van der Waals surface area contributed by atoms with Gasteiger partial charge in [-0.05, 0) is 23.8 Å². The molecule has 1 aromatic carbocycles. The number of benzene rings is 1. The van der Waals surface area contributed by atoms with E-state index in [1.807, 2.05) is 12.1 Å². The van der Waals surface area contributed by atoms with Crippen molar-refractivity contribution in [2.45, 2.75) is 6.54 Å². The Morgan fingerprint density at radius 1 is 1.22 bits per heavy atom. The number of aromatic nitrogens is 4. The summed E-state index contributed by atoms with van der Waals surface area (Å²) in [5, 5.41) is 21.5. The van der Waals surface area contributed by atoms with E-state index in [-0.39, 0.29) is 18.1 Å². The van der Waals surface area contributed by atoms with Gasteiger partial charge in [0.2, 0.25) is 0 Å². The quantitative estimate of drug-likeness (QED) is 0.371. The second kappa shape index (κ2) is 6.71. The predicted octanol–water partition coefficient (Wildman–Crippen LogP) is 2.79. The van der Waals surface area contributed by atoms with Crippen molar-refractivity contribution in [2.75, 3.05) is 0 Å². The van der Waals surface area contributed by atoms with E-state index >= 15 is 0 Å². The minimum absolute atomic E-state index is 0.00888. The van der Waals surface area contributed by atoms with E-state index in [1.54, 1.807) is 30.6 Å². The zero-order valence-electron chi connectivity index (χ0n) is 14.0. The summed E-state index contributed by atoms with van der Waals surface area (Å²) in [7, 11) is 0. The molecule has 0 unspecified atom stereocenters. The van der Waals surface area contributed by atoms with Gasteiger partial charge in [0.15, 0.2) is 5.65 Å². The summed E-state index contributed by atoms with van der Waals surface area (Å²) in [6.07, 6.45) is 3.26. The van der Waals surface area contributed by atoms with Crippen LogP contribution in [0.25, 0.3) is 22.4 Å². The van der Waals surface area contributed by atoms with Gasteiger partial charge >= 0.3 is 0 Å². The van der Waals surface area contributed by atoms with Crippen molar-refractivity contribution in [1.29, 1.82) is 0 Å². The number of carbonyl (C=O) groups excluding carboxylic acids is 1. The first kappa shape index (κ1) is 16.5. The van der Waals surface area contributed by atoms with Crippen molar-refractivity contribution >= 4 is 22.6 Å². The van der Waals surface area contributed by atoms with Crippen LogP contribution in [-0.2, 0) is 6.54 Å². The molecule has 0 aliphatic heterocycles. The van der Waals surface area contributed by atoms with Gasteiger partial charge in [0.25, 0.3) is 11.6 Å². The molecule has 3 N–H and O–H groups in total. The molecule has 0 fully saturated rings. The molecule has 0 spiro atoms. The van der Waals surface area contributed by atoms with E-state index in [9.17, 15) is 14.9 Å². The Morgan fingerprint density at radius 3 is 2.96 bits per heavy atom. The minimum Gasteiger partial charge on any atom is -0.359 e. The Labute approximate surface area is 152 Å². The molecule has 0 atom stereocenters. The Morgan fingerprint density at radius 2 is 2.11 bits per heavy atom. The van der Waals surface area contributed by atoms with Gasteiger partial charge in [-0.2, -0.15) is 5.10 Å². The highest BCUT2D eigenvalue weighted by atomic mass is 16.6. The van der Waals surface area contributed by atoms with Crippen LogP contribution in [0.15, 0.2) is 54.9 Å². The highest BCUT2D eigenvalue weighted by Gasteiger charge is 2.14. The highest BCUT2D eigenvalue weighted by molar-refractivity contribution is 5.97. The van der Waals surface area contributed by atoms with Gasteiger partial charge in [-0.25, -0.2) is 4.98 Å². The molecule has 3 aromatic heterocycles. The van der Waals surface area contributed by atoms with E-state index in [0.29, 0.717) is 22.5 Å². The third-order valence-electron chi connectivity index (χ3n) is 4.12. The van der Waals surface area contributed by atoms with Crippen molar-refractivity contribution in [3.8, 4) is 11.4 Å². The average Bonchev–Trinajstić information content (AvgIpc) is 3.33. The van der Waals surface area contributed by atoms with Gasteiger partial charge in [0, 0.05) is 36.5 Å². The number of non-ortho nitro benzene ring substituents is 1. The molecule has 4 aromatic rings. The molecule has 0 aliphatic carbocycles. The van der Waals surface area contributed by atoms with Gasteiger partial charge in [-0.1, -0.05) is 12.1 Å². The van der Waals surface area contributed by atoms with Crippen molar-refractivity contribution < 1.29 is 9.72 Å². The molecule has 1 amide bonds. The number of H-pyrrole nitrogens is 2. The van der Waals surface area contributed by atoms with Crippen LogP contribution in [0.4, 0.5) is 5.69 Å². The third kappa shape index (κ3) is 3.25. The fourth-order valence-corrected chi connectivity index (χ4v) is 2.79. The molecule has 4 rings (SSSR count). The lowest BCUT2D eigenvalue weighted by molar-refractivity contribution is -0.384. The summed E-state index contributed by atoms with van der Waals surface area (Å²) in [5.74, 6) is -0.286. The summed E-state index contributed by atoms with van der Waals surface area (Å²) in [6, 6.07) is 11.6. The largest absolute Gasteiger partial charge is 0.359 e. The number of aromatic amines is 2. The van der Waals surface area contributed by atoms with E-state index in [0.717, 1.165) is 11.1 Å². The third-order valence-corrected chi connectivity index (χ3v) is 4.12. The van der Waals surface area contributed by atoms with E-state index in [4.69, 9.17) is 0 Å². The minimum atomic E-state index is -0.465. The molecule has 27 heavy (non-hydrogen) atoms. The van der Waals surface area contributed by atoms with E-state index in [2.05, 4.69) is 25.5 Å². The van der Waals surface area contributed by atoms with Crippen LogP contribution in [-0.4, -0.2) is 31.0 Å². The molecule has 9 nitrogen and oxygen atoms in total. The van der Waals surface area contributed by atoms with Gasteiger partial charge in [-0.3, -0.25) is 20.0 Å². The fourth-order valence-electron chi connectivity index (χ4n) is 2.79. The van der Waals surface area contributed by atoms with Crippen LogP contribution < -0.4 is 5.32 Å². The number of nitrogens with zero attached hydrogens (tertiary/aromatic N) is 3. The first-order valence-corrected chi connectivity index (χ1v) is 8.11. The first-order chi connectivity index (χ1) is 13.1. The number of nitrogens with one attached hydrogen (secondary N) is 3. The van der Waals surface area contributed by atoms with Crippen molar-refractivity contribution in [2.24, 2.45) is 0 Å². The number of nitro groups is 1. The smallest absolute Gasteiger partial charge is 0.269 e. The number of nitro benzene ring substituents is 1. The van der Waals surface area contributed by atoms with Crippen LogP contribution in [0.3, 0.4) is 0 Å². The monoisotopic (exact) mass is 362 g/mol. The SMILES string of the molecule is O=C(NCc1cccc([N+](=O)[O-])c1)c1c[nH]c(-c2[nH]nc3ncccc23)c1. The molecule has 0 saturated carbocycles. The fraction of sp³-hybridized carbons (Fsp3) is 0.0556. The molecule has 0 radical (unpaired) electrons. The average molecular weight is 362 g/mol. The second-order valence-corrected chi connectivity index (χ2v) is 5.88. The number of rotatable bonds is 5. The lowest BCUT2D eigenvalue weighted by Crippen LogP contribution is -2.22. The predicted molar refractivity (Wildman–Crippen MR) is 97.9 cm³/mol. The summed E-state index contributed by atoms with van der Waals surface area (Å²) < 4.78 is 0. The van der Waals surface area contributed by atoms with Gasteiger partial charge in [0.05, 0.1) is 21.9 Å². The summed E-state index contributed by atoms with van der Waals surface area (Å²) in [4.78, 5) is 30.0. The zero-order valence-corrected chi connectivity index (χ0v) is 14.0. The lowest BCUT2D eigenvalue weighted by atomic mass is 10.2. The Hall–Kier alpha value is -4.01. The first-order valence-electron chi connectivity index (χ1n) is 8.11. The van der Waals surface area contributed by atoms with E-state index in [1.165, 1.54) is 12.1 Å². The number of carbonyl (C=O) groups is 1. The molecule has 134 valence electrons. The van der Waals surface area contributed by atoms with Crippen molar-refractivity contribution in [3.63, 3.8) is 0 Å². The maximum absolute atomic E-state index is 12.4. The number of hydrogen-bond acceptors (Lipinski definition) is 5. The van der Waals surface area contributed by atoms with Crippen LogP contribution >= 0.6 is 0 Å². The summed E-state index contributed by atoms with van der Waals surface area (Å²) in [5.41, 5.74) is 3.15. The number of amides is 1. The lowest BCUT2D eigenvalue weighted by Gasteiger charge is -2.03. The molecule has 0 aliphatic rings. The summed E-state index contributed by atoms with van der Waals surface area (Å²) >= 11 is 0. The van der Waals surface area contributed by atoms with Crippen LogP contribution in [0.1, 0.15) is 15.9 Å². The number of hydrogen-bond donors (Lipinski definition) is 3. The van der Waals surface area contributed by atoms with Crippen LogP contribution in [0.5, 0.6) is 0 Å². The molecular weight excluding hydrogens is 348 g/mol.